The highest BCUT2D eigenvalue weighted by atomic mass is 19.1. The average Bonchev–Trinajstić information content (AvgIpc) is 1.82. The lowest BCUT2D eigenvalue weighted by Crippen LogP contribution is -1.77. The first kappa shape index (κ1) is 7.65. The van der Waals surface area contributed by atoms with Crippen LogP contribution in [0, 0.1) is 22.7 Å². The Bertz CT molecular complexity index is 200. The summed E-state index contributed by atoms with van der Waals surface area (Å²) in [6, 6.07) is 3.26. The van der Waals surface area contributed by atoms with E-state index in [-0.39, 0.29) is 12.0 Å². The Morgan fingerprint density at radius 3 is 2.22 bits per heavy atom. The summed E-state index contributed by atoms with van der Waals surface area (Å²) < 4.78 is 12.1. The van der Waals surface area contributed by atoms with Crippen molar-refractivity contribution >= 4 is 0 Å². The minimum atomic E-state index is -0.570. The average molecular weight is 124 g/mol. The van der Waals surface area contributed by atoms with Crippen LogP contribution in [0.2, 0.25) is 0 Å². The van der Waals surface area contributed by atoms with Gasteiger partial charge in [-0.1, -0.05) is 0 Å². The van der Waals surface area contributed by atoms with Crippen LogP contribution in [0.4, 0.5) is 4.39 Å². The van der Waals surface area contributed by atoms with Crippen LogP contribution in [0.25, 0.3) is 0 Å². The summed E-state index contributed by atoms with van der Waals surface area (Å²) in [5.74, 6) is -0.570. The third-order valence-corrected chi connectivity index (χ3v) is 0.807. The summed E-state index contributed by atoms with van der Waals surface area (Å²) in [4.78, 5) is 0. The van der Waals surface area contributed by atoms with E-state index in [2.05, 4.69) is 0 Å². The predicted molar refractivity (Wildman–Crippen MR) is 29.7 cm³/mol. The summed E-state index contributed by atoms with van der Waals surface area (Å²) in [7, 11) is 0. The van der Waals surface area contributed by atoms with Gasteiger partial charge in [-0.15, -0.1) is 0 Å². The third-order valence-electron chi connectivity index (χ3n) is 0.807. The molecule has 46 valence electrons. The van der Waals surface area contributed by atoms with E-state index in [4.69, 9.17) is 10.5 Å². The van der Waals surface area contributed by atoms with E-state index in [1.54, 1.807) is 12.1 Å². The Morgan fingerprint density at radius 1 is 1.56 bits per heavy atom. The number of nitrogens with zero attached hydrogens (tertiary/aromatic N) is 2. The Labute approximate surface area is 52.8 Å². The van der Waals surface area contributed by atoms with Gasteiger partial charge in [0.2, 0.25) is 0 Å². The van der Waals surface area contributed by atoms with Gasteiger partial charge in [-0.3, -0.25) is 0 Å². The second-order valence-corrected chi connectivity index (χ2v) is 1.46. The molecule has 0 atom stereocenters. The van der Waals surface area contributed by atoms with E-state index in [0.29, 0.717) is 0 Å². The highest BCUT2D eigenvalue weighted by Crippen LogP contribution is 2.06. The Balaban J connectivity index is 4.26. The molecule has 0 bridgehead atoms. The molecule has 0 aromatic carbocycles. The number of hydrogen-bond acceptors (Lipinski definition) is 2. The highest BCUT2D eigenvalue weighted by Gasteiger charge is 1.97. The zero-order chi connectivity index (χ0) is 7.28. The van der Waals surface area contributed by atoms with Crippen molar-refractivity contribution in [3.05, 3.63) is 11.4 Å². The molecular formula is C6H5FN2. The van der Waals surface area contributed by atoms with Crippen LogP contribution < -0.4 is 0 Å². The molecule has 0 saturated carbocycles. The van der Waals surface area contributed by atoms with Crippen molar-refractivity contribution in [2.24, 2.45) is 0 Å². The molecule has 0 unspecified atom stereocenters. The maximum atomic E-state index is 12.1. The first-order valence-electron chi connectivity index (χ1n) is 2.34. The van der Waals surface area contributed by atoms with Gasteiger partial charge in [-0.05, 0) is 6.92 Å². The number of rotatable bonds is 1. The molecule has 0 fully saturated rings. The monoisotopic (exact) mass is 124 g/mol. The van der Waals surface area contributed by atoms with E-state index in [9.17, 15) is 4.39 Å². The second kappa shape index (κ2) is 3.63. The summed E-state index contributed by atoms with van der Waals surface area (Å²) in [6.45, 7) is 1.16. The van der Waals surface area contributed by atoms with Crippen molar-refractivity contribution in [1.29, 1.82) is 10.5 Å². The van der Waals surface area contributed by atoms with Gasteiger partial charge in [0, 0.05) is 0 Å². The van der Waals surface area contributed by atoms with Crippen LogP contribution >= 0.6 is 0 Å². The lowest BCUT2D eigenvalue weighted by Gasteiger charge is -1.85. The Kier molecular flexibility index (Phi) is 3.08. The highest BCUT2D eigenvalue weighted by molar-refractivity contribution is 5.25. The van der Waals surface area contributed by atoms with Crippen molar-refractivity contribution in [1.82, 2.24) is 0 Å². The topological polar surface area (TPSA) is 47.6 Å². The maximum absolute atomic E-state index is 12.1. The van der Waals surface area contributed by atoms with Gasteiger partial charge in [0.25, 0.3) is 0 Å². The van der Waals surface area contributed by atoms with Gasteiger partial charge in [0.05, 0.1) is 24.1 Å². The van der Waals surface area contributed by atoms with Crippen LogP contribution in [-0.2, 0) is 0 Å². The van der Waals surface area contributed by atoms with E-state index in [1.807, 2.05) is 0 Å². The van der Waals surface area contributed by atoms with Crippen LogP contribution in [0.15, 0.2) is 11.4 Å². The summed E-state index contributed by atoms with van der Waals surface area (Å²) in [5, 5.41) is 16.1. The third kappa shape index (κ3) is 2.46. The van der Waals surface area contributed by atoms with Crippen molar-refractivity contribution in [2.75, 3.05) is 0 Å². The molecule has 0 radical (unpaired) electrons. The number of allylic oxidation sites excluding steroid dienone is 2. The molecule has 0 amide bonds. The number of nitriles is 2. The van der Waals surface area contributed by atoms with Crippen molar-refractivity contribution in [3.63, 3.8) is 0 Å². The molecule has 3 heteroatoms. The zero-order valence-corrected chi connectivity index (χ0v) is 4.98. The molecule has 0 rings (SSSR count). The number of halogens is 1. The largest absolute Gasteiger partial charge is 0.211 e. The zero-order valence-electron chi connectivity index (χ0n) is 4.98. The molecule has 0 saturated heterocycles. The minimum Gasteiger partial charge on any atom is -0.211 e. The van der Waals surface area contributed by atoms with E-state index < -0.39 is 5.83 Å². The molecule has 0 aliphatic rings. The molecular weight excluding hydrogens is 119 g/mol. The van der Waals surface area contributed by atoms with Gasteiger partial charge in [0.1, 0.15) is 5.83 Å². The standard InChI is InChI=1S/C6H5FN2/c1-5(7)6(4-9)2-3-8/h2H2,1H3/b6-5-. The first-order valence-corrected chi connectivity index (χ1v) is 2.34. The lowest BCUT2D eigenvalue weighted by atomic mass is 10.2. The SMILES string of the molecule is C/C(F)=C(/C#N)CC#N. The van der Waals surface area contributed by atoms with E-state index in [1.165, 1.54) is 0 Å². The van der Waals surface area contributed by atoms with Crippen LogP contribution in [-0.4, -0.2) is 0 Å². The van der Waals surface area contributed by atoms with E-state index in [0.717, 1.165) is 6.92 Å². The first-order chi connectivity index (χ1) is 4.22. The van der Waals surface area contributed by atoms with Crippen molar-refractivity contribution in [2.45, 2.75) is 13.3 Å². The normalized spacial score (nSPS) is 11.1. The van der Waals surface area contributed by atoms with Gasteiger partial charge in [-0.2, -0.15) is 10.5 Å². The van der Waals surface area contributed by atoms with Crippen LogP contribution in [0.5, 0.6) is 0 Å². The van der Waals surface area contributed by atoms with Crippen molar-refractivity contribution in [3.8, 4) is 12.1 Å². The molecule has 0 aromatic rings. The molecule has 2 nitrogen and oxygen atoms in total. The molecule has 0 aliphatic carbocycles. The van der Waals surface area contributed by atoms with Gasteiger partial charge in [-0.25, -0.2) is 4.39 Å². The summed E-state index contributed by atoms with van der Waals surface area (Å²) >= 11 is 0. The van der Waals surface area contributed by atoms with Crippen LogP contribution in [0.3, 0.4) is 0 Å². The lowest BCUT2D eigenvalue weighted by molar-refractivity contribution is 0.629. The molecule has 0 spiro atoms. The van der Waals surface area contributed by atoms with Crippen LogP contribution in [0.1, 0.15) is 13.3 Å². The summed E-state index contributed by atoms with van der Waals surface area (Å²) in [6.07, 6.45) is -0.140. The number of hydrogen-bond donors (Lipinski definition) is 0. The maximum Gasteiger partial charge on any atom is 0.112 e. The molecule has 0 aliphatic heterocycles. The molecule has 0 heterocycles. The second-order valence-electron chi connectivity index (χ2n) is 1.46. The van der Waals surface area contributed by atoms with Gasteiger partial charge in [0.15, 0.2) is 0 Å². The molecule has 0 N–H and O–H groups in total. The Morgan fingerprint density at radius 2 is 2.11 bits per heavy atom. The fourth-order valence-corrected chi connectivity index (χ4v) is 0.317. The quantitative estimate of drug-likeness (QED) is 0.499. The van der Waals surface area contributed by atoms with E-state index >= 15 is 0 Å². The predicted octanol–water partition coefficient (Wildman–Crippen LogP) is 1.67. The molecule has 0 aromatic heterocycles. The fraction of sp³-hybridized carbons (Fsp3) is 0.333. The fourth-order valence-electron chi connectivity index (χ4n) is 0.317. The molecule has 9 heavy (non-hydrogen) atoms. The smallest absolute Gasteiger partial charge is 0.112 e. The van der Waals surface area contributed by atoms with Gasteiger partial charge >= 0.3 is 0 Å². The summed E-state index contributed by atoms with van der Waals surface area (Å²) in [5.41, 5.74) is -0.0856. The van der Waals surface area contributed by atoms with Gasteiger partial charge < -0.3 is 0 Å². The van der Waals surface area contributed by atoms with Crippen molar-refractivity contribution < 1.29 is 4.39 Å². The minimum absolute atomic E-state index is 0.0856. The Hall–Kier alpha value is -1.35.